The number of benzene rings is 3. The quantitative estimate of drug-likeness (QED) is 0.341. The normalized spacial score (nSPS) is 11.1. The summed E-state index contributed by atoms with van der Waals surface area (Å²) in [5.41, 5.74) is 2.46. The van der Waals surface area contributed by atoms with E-state index in [9.17, 15) is 18.0 Å². The lowest BCUT2D eigenvalue weighted by Gasteiger charge is -2.17. The van der Waals surface area contributed by atoms with Crippen molar-refractivity contribution in [3.63, 3.8) is 0 Å². The maximum atomic E-state index is 12.8. The molecule has 0 saturated carbocycles. The van der Waals surface area contributed by atoms with Gasteiger partial charge in [0.15, 0.2) is 0 Å². The van der Waals surface area contributed by atoms with Gasteiger partial charge in [-0.3, -0.25) is 9.59 Å². The van der Waals surface area contributed by atoms with Crippen LogP contribution in [0.15, 0.2) is 77.7 Å². The van der Waals surface area contributed by atoms with Crippen LogP contribution in [0, 0.1) is 0 Å². The molecule has 3 aromatic carbocycles. The molecule has 0 bridgehead atoms. The number of hydrogen-bond acceptors (Lipinski definition) is 6. The van der Waals surface area contributed by atoms with E-state index >= 15 is 0 Å². The topological polar surface area (TPSA) is 120 Å². The molecular weight excluding hydrogens is 466 g/mol. The zero-order valence-electron chi connectivity index (χ0n) is 19.8. The van der Waals surface area contributed by atoms with Crippen LogP contribution < -0.4 is 21.3 Å². The van der Waals surface area contributed by atoms with Gasteiger partial charge in [-0.2, -0.15) is 0 Å². The van der Waals surface area contributed by atoms with Gasteiger partial charge in [-0.15, -0.1) is 0 Å². The van der Waals surface area contributed by atoms with Gasteiger partial charge in [-0.25, -0.2) is 12.7 Å². The number of hydrogen-bond donors (Lipinski definition) is 4. The van der Waals surface area contributed by atoms with Crippen LogP contribution in [0.4, 0.5) is 22.7 Å². The maximum Gasteiger partial charge on any atom is 0.257 e. The fraction of sp³-hybridized carbons (Fsp3) is 0.200. The lowest BCUT2D eigenvalue weighted by atomic mass is 10.1. The van der Waals surface area contributed by atoms with Crippen LogP contribution in [-0.4, -0.2) is 51.7 Å². The molecular formula is C25H29N5O4S. The van der Waals surface area contributed by atoms with E-state index in [0.29, 0.717) is 34.9 Å². The van der Waals surface area contributed by atoms with Crippen LogP contribution in [0.1, 0.15) is 17.3 Å². The first-order valence-electron chi connectivity index (χ1n) is 11.0. The van der Waals surface area contributed by atoms with Gasteiger partial charge in [-0.05, 0) is 49.4 Å². The van der Waals surface area contributed by atoms with Gasteiger partial charge in [0.05, 0.1) is 34.1 Å². The first kappa shape index (κ1) is 25.7. The second kappa shape index (κ2) is 11.5. The molecule has 0 aromatic heterocycles. The van der Waals surface area contributed by atoms with Crippen LogP contribution in [0.5, 0.6) is 0 Å². The Balaban J connectivity index is 1.74. The van der Waals surface area contributed by atoms with E-state index in [0.717, 1.165) is 4.31 Å². The predicted octanol–water partition coefficient (Wildman–Crippen LogP) is 3.67. The maximum absolute atomic E-state index is 12.8. The zero-order chi connectivity index (χ0) is 25.4. The number of nitrogens with one attached hydrogen (secondary N) is 4. The van der Waals surface area contributed by atoms with Crippen molar-refractivity contribution in [2.75, 3.05) is 48.5 Å². The van der Waals surface area contributed by atoms with Gasteiger partial charge < -0.3 is 21.3 Å². The summed E-state index contributed by atoms with van der Waals surface area (Å²) in [5, 5.41) is 11.7. The Hall–Kier alpha value is -3.89. The third-order valence-electron chi connectivity index (χ3n) is 5.05. The van der Waals surface area contributed by atoms with E-state index in [1.165, 1.54) is 26.2 Å². The van der Waals surface area contributed by atoms with E-state index in [1.807, 2.05) is 25.1 Å². The number of amides is 2. The lowest BCUT2D eigenvalue weighted by molar-refractivity contribution is -0.114. The van der Waals surface area contributed by atoms with Gasteiger partial charge in [0.2, 0.25) is 15.9 Å². The predicted molar refractivity (Wildman–Crippen MR) is 139 cm³/mol. The molecule has 4 N–H and O–H groups in total. The van der Waals surface area contributed by atoms with Gasteiger partial charge in [0.25, 0.3) is 5.91 Å². The molecule has 0 unspecified atom stereocenters. The highest BCUT2D eigenvalue weighted by Gasteiger charge is 2.19. The Morgan fingerprint density at radius 1 is 0.800 bits per heavy atom. The molecule has 0 heterocycles. The summed E-state index contributed by atoms with van der Waals surface area (Å²) in [7, 11) is -0.723. The Morgan fingerprint density at radius 3 is 2.17 bits per heavy atom. The van der Waals surface area contributed by atoms with Crippen molar-refractivity contribution < 1.29 is 18.0 Å². The number of carbonyl (C=O) groups excluding carboxylic acids is 2. The summed E-state index contributed by atoms with van der Waals surface area (Å²) in [6.45, 7) is 2.39. The average Bonchev–Trinajstić information content (AvgIpc) is 2.84. The molecule has 10 heteroatoms. The number of rotatable bonds is 10. The molecule has 0 aliphatic carbocycles. The van der Waals surface area contributed by atoms with Crippen LogP contribution in [-0.2, 0) is 14.8 Å². The molecule has 0 spiro atoms. The Kier molecular flexibility index (Phi) is 8.45. The Labute approximate surface area is 205 Å². The van der Waals surface area contributed by atoms with Crippen LogP contribution in [0.3, 0.4) is 0 Å². The highest BCUT2D eigenvalue weighted by Crippen LogP contribution is 2.27. The van der Waals surface area contributed by atoms with E-state index in [1.54, 1.807) is 42.5 Å². The van der Waals surface area contributed by atoms with Gasteiger partial charge in [0, 0.05) is 26.3 Å². The molecule has 2 amide bonds. The third-order valence-corrected chi connectivity index (χ3v) is 6.86. The summed E-state index contributed by atoms with van der Waals surface area (Å²) in [4.78, 5) is 25.6. The standard InChI is InChI=1S/C25H29N5O4S/c1-4-26-22-15-14-19(35(33,34)30(2)3)16-23(22)27-17-24(31)29-21-13-9-8-12-20(21)25(32)28-18-10-6-5-7-11-18/h5-16,26-27H,4,17H2,1-3H3,(H,28,32)(H,29,31). The van der Waals surface area contributed by atoms with Crippen LogP contribution >= 0.6 is 0 Å². The smallest absolute Gasteiger partial charge is 0.257 e. The third kappa shape index (κ3) is 6.58. The van der Waals surface area contributed by atoms with Crippen molar-refractivity contribution in [1.82, 2.24) is 4.31 Å². The number of sulfonamides is 1. The minimum atomic E-state index is -3.64. The molecule has 9 nitrogen and oxygen atoms in total. The number of para-hydroxylation sites is 2. The second-order valence-corrected chi connectivity index (χ2v) is 9.94. The summed E-state index contributed by atoms with van der Waals surface area (Å²) in [6.07, 6.45) is 0. The van der Waals surface area contributed by atoms with E-state index in [4.69, 9.17) is 0 Å². The van der Waals surface area contributed by atoms with Crippen molar-refractivity contribution in [3.8, 4) is 0 Å². The molecule has 0 radical (unpaired) electrons. The number of anilines is 4. The van der Waals surface area contributed by atoms with E-state index in [-0.39, 0.29) is 17.3 Å². The van der Waals surface area contributed by atoms with Crippen molar-refractivity contribution in [2.45, 2.75) is 11.8 Å². The van der Waals surface area contributed by atoms with Crippen molar-refractivity contribution in [2.24, 2.45) is 0 Å². The molecule has 3 rings (SSSR count). The number of nitrogens with zero attached hydrogens (tertiary/aromatic N) is 1. The van der Waals surface area contributed by atoms with Gasteiger partial charge in [0.1, 0.15) is 0 Å². The average molecular weight is 496 g/mol. The first-order valence-corrected chi connectivity index (χ1v) is 12.5. The molecule has 0 aliphatic heterocycles. The fourth-order valence-electron chi connectivity index (χ4n) is 3.27. The molecule has 184 valence electrons. The highest BCUT2D eigenvalue weighted by atomic mass is 32.2. The molecule has 0 saturated heterocycles. The molecule has 35 heavy (non-hydrogen) atoms. The summed E-state index contributed by atoms with van der Waals surface area (Å²) in [5.74, 6) is -0.746. The van der Waals surface area contributed by atoms with Crippen molar-refractivity contribution in [1.29, 1.82) is 0 Å². The molecule has 0 aliphatic rings. The van der Waals surface area contributed by atoms with E-state index in [2.05, 4.69) is 21.3 Å². The van der Waals surface area contributed by atoms with Gasteiger partial charge in [-0.1, -0.05) is 30.3 Å². The zero-order valence-corrected chi connectivity index (χ0v) is 20.6. The van der Waals surface area contributed by atoms with Gasteiger partial charge >= 0.3 is 0 Å². The minimum absolute atomic E-state index is 0.106. The van der Waals surface area contributed by atoms with Crippen molar-refractivity contribution >= 4 is 44.6 Å². The Morgan fingerprint density at radius 2 is 1.49 bits per heavy atom. The molecule has 3 aromatic rings. The van der Waals surface area contributed by atoms with Crippen molar-refractivity contribution in [3.05, 3.63) is 78.4 Å². The largest absolute Gasteiger partial charge is 0.384 e. The molecule has 0 atom stereocenters. The number of carbonyl (C=O) groups is 2. The summed E-state index contributed by atoms with van der Waals surface area (Å²) >= 11 is 0. The lowest BCUT2D eigenvalue weighted by Crippen LogP contribution is -2.25. The summed E-state index contributed by atoms with van der Waals surface area (Å²) in [6, 6.07) is 20.4. The SMILES string of the molecule is CCNc1ccc(S(=O)(=O)N(C)C)cc1NCC(=O)Nc1ccccc1C(=O)Nc1ccccc1. The molecule has 0 fully saturated rings. The summed E-state index contributed by atoms with van der Waals surface area (Å²) < 4.78 is 26.2. The fourth-order valence-corrected chi connectivity index (χ4v) is 4.19. The van der Waals surface area contributed by atoms with Crippen LogP contribution in [0.2, 0.25) is 0 Å². The highest BCUT2D eigenvalue weighted by molar-refractivity contribution is 7.89. The first-order chi connectivity index (χ1) is 16.7. The second-order valence-electron chi connectivity index (χ2n) is 7.79. The Bertz CT molecular complexity index is 1290. The van der Waals surface area contributed by atoms with E-state index < -0.39 is 15.9 Å². The minimum Gasteiger partial charge on any atom is -0.384 e. The monoisotopic (exact) mass is 495 g/mol. The van der Waals surface area contributed by atoms with Crippen LogP contribution in [0.25, 0.3) is 0 Å².